The molecule has 80 valence electrons. The van der Waals surface area contributed by atoms with Gasteiger partial charge in [0, 0.05) is 5.71 Å². The van der Waals surface area contributed by atoms with Gasteiger partial charge in [0.25, 0.3) is 0 Å². The van der Waals surface area contributed by atoms with E-state index in [0.717, 1.165) is 0 Å². The lowest BCUT2D eigenvalue weighted by atomic mass is 10.2. The molecule has 0 radical (unpaired) electrons. The lowest BCUT2D eigenvalue weighted by Crippen LogP contribution is -2.29. The maximum Gasteiger partial charge on any atom is 0.327 e. The van der Waals surface area contributed by atoms with Crippen molar-refractivity contribution >= 4 is 17.9 Å². The number of carbonyl (C=O) groups excluding carboxylic acids is 1. The molecule has 0 spiro atoms. The van der Waals surface area contributed by atoms with Crippen molar-refractivity contribution in [2.75, 3.05) is 6.54 Å². The normalized spacial score (nSPS) is 11.4. The number of nitrogens with zero attached hydrogens (tertiary/aromatic N) is 1. The van der Waals surface area contributed by atoms with E-state index in [1.54, 1.807) is 27.7 Å². The Morgan fingerprint density at radius 2 is 2.14 bits per heavy atom. The van der Waals surface area contributed by atoms with Crippen molar-refractivity contribution in [1.82, 2.24) is 5.43 Å². The van der Waals surface area contributed by atoms with Crippen molar-refractivity contribution in [2.45, 2.75) is 33.3 Å². The lowest BCUT2D eigenvalue weighted by molar-refractivity contribution is -0.153. The lowest BCUT2D eigenvalue weighted by Gasteiger charge is -2.19. The van der Waals surface area contributed by atoms with E-state index in [1.807, 2.05) is 0 Å². The van der Waals surface area contributed by atoms with Crippen LogP contribution in [0.2, 0.25) is 0 Å². The molecular formula is C9H17N3O2. The zero-order chi connectivity index (χ0) is 11.2. The Balaban J connectivity index is 3.71. The van der Waals surface area contributed by atoms with Crippen LogP contribution in [0, 0.1) is 5.41 Å². The second kappa shape index (κ2) is 5.36. The second-order valence-electron chi connectivity index (χ2n) is 3.86. The molecule has 0 fully saturated rings. The Kier molecular flexibility index (Phi) is 4.83. The molecule has 0 aliphatic heterocycles. The van der Waals surface area contributed by atoms with Crippen LogP contribution in [0.4, 0.5) is 0 Å². The third-order valence-corrected chi connectivity index (χ3v) is 0.993. The highest BCUT2D eigenvalue weighted by Gasteiger charge is 2.15. The fourth-order valence-corrected chi connectivity index (χ4v) is 0.630. The van der Waals surface area contributed by atoms with E-state index in [9.17, 15) is 4.79 Å². The first-order valence-electron chi connectivity index (χ1n) is 4.34. The van der Waals surface area contributed by atoms with Crippen LogP contribution in [0.15, 0.2) is 5.10 Å². The highest BCUT2D eigenvalue weighted by molar-refractivity contribution is 6.27. The summed E-state index contributed by atoms with van der Waals surface area (Å²) >= 11 is 0. The third kappa shape index (κ3) is 8.70. The molecule has 0 unspecified atom stereocenters. The largest absolute Gasteiger partial charge is 0.459 e. The molecule has 0 aliphatic rings. The Morgan fingerprint density at radius 1 is 1.57 bits per heavy atom. The van der Waals surface area contributed by atoms with Crippen molar-refractivity contribution < 1.29 is 9.53 Å². The van der Waals surface area contributed by atoms with Gasteiger partial charge in [-0.05, 0) is 27.7 Å². The zero-order valence-corrected chi connectivity index (χ0v) is 9.05. The minimum atomic E-state index is -0.472. The summed E-state index contributed by atoms with van der Waals surface area (Å²) in [4.78, 5) is 11.1. The van der Waals surface area contributed by atoms with Crippen LogP contribution in [0.1, 0.15) is 27.7 Å². The summed E-state index contributed by atoms with van der Waals surface area (Å²) in [5.74, 6) is -0.364. The van der Waals surface area contributed by atoms with Gasteiger partial charge in [-0.3, -0.25) is 10.2 Å². The van der Waals surface area contributed by atoms with Crippen molar-refractivity contribution in [2.24, 2.45) is 5.10 Å². The molecule has 0 aliphatic carbocycles. The van der Waals surface area contributed by atoms with E-state index in [1.165, 1.54) is 6.21 Å². The summed E-state index contributed by atoms with van der Waals surface area (Å²) < 4.78 is 5.02. The summed E-state index contributed by atoms with van der Waals surface area (Å²) in [5.41, 5.74) is 2.34. The molecule has 14 heavy (non-hydrogen) atoms. The topological polar surface area (TPSA) is 74.5 Å². The fraction of sp³-hybridized carbons (Fsp3) is 0.667. The van der Waals surface area contributed by atoms with Crippen molar-refractivity contribution in [3.8, 4) is 0 Å². The van der Waals surface area contributed by atoms with Crippen molar-refractivity contribution in [1.29, 1.82) is 5.41 Å². The number of nitrogens with one attached hydrogen (secondary N) is 2. The molecule has 0 rings (SSSR count). The standard InChI is InChI=1S/C9H17N3O2/c1-7(10)5-11-12-6-8(13)14-9(2,3)4/h5,10,12H,6H2,1-4H3/b10-7?,11-5-. The SMILES string of the molecule is CC(=N)/C=N\NCC(=O)OC(C)(C)C. The van der Waals surface area contributed by atoms with E-state index in [0.29, 0.717) is 5.71 Å². The van der Waals surface area contributed by atoms with Crippen molar-refractivity contribution in [3.05, 3.63) is 0 Å². The van der Waals surface area contributed by atoms with Gasteiger partial charge in [-0.25, -0.2) is 0 Å². The average molecular weight is 199 g/mol. The van der Waals surface area contributed by atoms with Gasteiger partial charge in [0.2, 0.25) is 0 Å². The summed E-state index contributed by atoms with van der Waals surface area (Å²) in [5, 5.41) is 10.7. The smallest absolute Gasteiger partial charge is 0.327 e. The van der Waals surface area contributed by atoms with E-state index in [2.05, 4.69) is 10.5 Å². The summed E-state index contributed by atoms with van der Waals surface area (Å²) in [6, 6.07) is 0. The van der Waals surface area contributed by atoms with Crippen LogP contribution in [0.5, 0.6) is 0 Å². The Bertz CT molecular complexity index is 241. The Morgan fingerprint density at radius 3 is 2.57 bits per heavy atom. The van der Waals surface area contributed by atoms with Gasteiger partial charge < -0.3 is 10.1 Å². The minimum Gasteiger partial charge on any atom is -0.459 e. The molecular weight excluding hydrogens is 182 g/mol. The summed E-state index contributed by atoms with van der Waals surface area (Å²) in [6.07, 6.45) is 1.32. The maximum atomic E-state index is 11.1. The number of hydrazone groups is 1. The van der Waals surface area contributed by atoms with Crippen LogP contribution in [-0.4, -0.2) is 30.0 Å². The van der Waals surface area contributed by atoms with E-state index < -0.39 is 5.60 Å². The molecule has 2 N–H and O–H groups in total. The van der Waals surface area contributed by atoms with Crippen LogP contribution >= 0.6 is 0 Å². The number of esters is 1. The van der Waals surface area contributed by atoms with Crippen LogP contribution in [0.25, 0.3) is 0 Å². The molecule has 0 bridgehead atoms. The molecule has 5 heteroatoms. The van der Waals surface area contributed by atoms with Gasteiger partial charge in [0.05, 0.1) is 6.21 Å². The fourth-order valence-electron chi connectivity index (χ4n) is 0.630. The van der Waals surface area contributed by atoms with Crippen LogP contribution in [0.3, 0.4) is 0 Å². The van der Waals surface area contributed by atoms with Gasteiger partial charge in [-0.1, -0.05) is 0 Å². The first-order valence-corrected chi connectivity index (χ1v) is 4.34. The predicted octanol–water partition coefficient (Wildman–Crippen LogP) is 0.943. The predicted molar refractivity (Wildman–Crippen MR) is 55.7 cm³/mol. The molecule has 0 heterocycles. The first kappa shape index (κ1) is 12.6. The maximum absolute atomic E-state index is 11.1. The zero-order valence-electron chi connectivity index (χ0n) is 9.05. The van der Waals surface area contributed by atoms with Gasteiger partial charge in [0.1, 0.15) is 12.1 Å². The van der Waals surface area contributed by atoms with Gasteiger partial charge in [0.15, 0.2) is 0 Å². The molecule has 0 atom stereocenters. The first-order chi connectivity index (χ1) is 6.31. The van der Waals surface area contributed by atoms with E-state index in [-0.39, 0.29) is 12.5 Å². The molecule has 0 aromatic rings. The molecule has 0 amide bonds. The van der Waals surface area contributed by atoms with Gasteiger partial charge in [-0.15, -0.1) is 0 Å². The van der Waals surface area contributed by atoms with Crippen molar-refractivity contribution in [3.63, 3.8) is 0 Å². The number of rotatable bonds is 4. The Labute approximate surface area is 84.0 Å². The highest BCUT2D eigenvalue weighted by atomic mass is 16.6. The molecule has 0 aromatic heterocycles. The Hall–Kier alpha value is -1.39. The molecule has 0 aromatic carbocycles. The number of hydrogen-bond acceptors (Lipinski definition) is 5. The van der Waals surface area contributed by atoms with E-state index >= 15 is 0 Å². The highest BCUT2D eigenvalue weighted by Crippen LogP contribution is 2.05. The average Bonchev–Trinajstić information content (AvgIpc) is 1.94. The number of hydrogen-bond donors (Lipinski definition) is 2. The third-order valence-electron chi connectivity index (χ3n) is 0.993. The van der Waals surface area contributed by atoms with Crippen LogP contribution in [-0.2, 0) is 9.53 Å². The molecule has 0 saturated carbocycles. The summed E-state index contributed by atoms with van der Waals surface area (Å²) in [6.45, 7) is 7.02. The quantitative estimate of drug-likeness (QED) is 0.402. The van der Waals surface area contributed by atoms with Gasteiger partial charge in [-0.2, -0.15) is 5.10 Å². The second-order valence-corrected chi connectivity index (χ2v) is 3.86. The van der Waals surface area contributed by atoms with E-state index in [4.69, 9.17) is 10.1 Å². The minimum absolute atomic E-state index is 0.0149. The monoisotopic (exact) mass is 199 g/mol. The molecule has 5 nitrogen and oxygen atoms in total. The molecule has 0 saturated heterocycles. The summed E-state index contributed by atoms with van der Waals surface area (Å²) in [7, 11) is 0. The number of ether oxygens (including phenoxy) is 1. The number of carbonyl (C=O) groups is 1. The van der Waals surface area contributed by atoms with Gasteiger partial charge >= 0.3 is 5.97 Å². The van der Waals surface area contributed by atoms with Crippen LogP contribution < -0.4 is 5.43 Å².